The summed E-state index contributed by atoms with van der Waals surface area (Å²) in [4.78, 5) is 37.4. The van der Waals surface area contributed by atoms with Gasteiger partial charge in [0.1, 0.15) is 5.41 Å². The number of imide groups is 2. The van der Waals surface area contributed by atoms with E-state index in [9.17, 15) is 14.4 Å². The number of rotatable bonds is 6. The summed E-state index contributed by atoms with van der Waals surface area (Å²) in [6.07, 6.45) is 6.48. The average Bonchev–Trinajstić information content (AvgIpc) is 2.47. The lowest BCUT2D eigenvalue weighted by Gasteiger charge is -2.35. The molecule has 0 aromatic carbocycles. The predicted molar refractivity (Wildman–Crippen MR) is 77.7 cm³/mol. The molecule has 0 aromatic heterocycles. The summed E-state index contributed by atoms with van der Waals surface area (Å²) in [5.74, 6) is -0.831. The number of nitrogens with one attached hydrogen (secondary N) is 3. The molecular formula is C15H26ClN3O3. The number of unbranched alkanes of at least 4 members (excludes halogenated alkanes) is 1. The van der Waals surface area contributed by atoms with Crippen LogP contribution >= 0.6 is 0 Å². The second kappa shape index (κ2) is 8.48. The minimum atomic E-state index is -1.06. The lowest BCUT2D eigenvalue weighted by Crippen LogP contribution is -3.13. The molecule has 2 aliphatic heterocycles. The van der Waals surface area contributed by atoms with E-state index in [4.69, 9.17) is 0 Å². The average molecular weight is 332 g/mol. The Morgan fingerprint density at radius 1 is 1.00 bits per heavy atom. The Kier molecular flexibility index (Phi) is 7.29. The van der Waals surface area contributed by atoms with E-state index in [1.807, 2.05) is 6.92 Å². The van der Waals surface area contributed by atoms with E-state index >= 15 is 0 Å². The first-order valence-electron chi connectivity index (χ1n) is 8.09. The fraction of sp³-hybridized carbons (Fsp3) is 0.800. The second-order valence-electron chi connectivity index (χ2n) is 6.23. The van der Waals surface area contributed by atoms with Gasteiger partial charge >= 0.3 is 6.03 Å². The highest BCUT2D eigenvalue weighted by molar-refractivity contribution is 6.19. The number of hydrogen-bond donors (Lipinski definition) is 3. The first kappa shape index (κ1) is 18.9. The molecule has 22 heavy (non-hydrogen) atoms. The molecule has 2 saturated heterocycles. The van der Waals surface area contributed by atoms with Gasteiger partial charge in [0, 0.05) is 6.42 Å². The molecule has 2 aliphatic rings. The van der Waals surface area contributed by atoms with E-state index in [1.165, 1.54) is 24.2 Å². The number of likely N-dealkylation sites (tertiary alicyclic amines) is 1. The molecule has 0 radical (unpaired) electrons. The SMILES string of the molecule is CCCCC1(CC[NH+]2CCCCC2)C(=O)NC(=O)NC1=O.[Cl-]. The summed E-state index contributed by atoms with van der Waals surface area (Å²) in [6.45, 7) is 5.09. The number of halogens is 1. The molecule has 3 N–H and O–H groups in total. The fourth-order valence-corrected chi connectivity index (χ4v) is 3.33. The van der Waals surface area contributed by atoms with Gasteiger partial charge in [0.15, 0.2) is 0 Å². The number of piperidine rings is 1. The van der Waals surface area contributed by atoms with E-state index in [0.29, 0.717) is 12.8 Å². The summed E-state index contributed by atoms with van der Waals surface area (Å²) in [7, 11) is 0. The summed E-state index contributed by atoms with van der Waals surface area (Å²) >= 11 is 0. The number of quaternary nitrogens is 1. The van der Waals surface area contributed by atoms with Gasteiger partial charge in [-0.25, -0.2) is 4.79 Å². The topological polar surface area (TPSA) is 79.7 Å². The maximum absolute atomic E-state index is 12.3. The van der Waals surface area contributed by atoms with Gasteiger partial charge in [-0.15, -0.1) is 0 Å². The molecular weight excluding hydrogens is 306 g/mol. The largest absolute Gasteiger partial charge is 1.00 e. The predicted octanol–water partition coefficient (Wildman–Crippen LogP) is -3.01. The lowest BCUT2D eigenvalue weighted by molar-refractivity contribution is -0.905. The maximum atomic E-state index is 12.3. The van der Waals surface area contributed by atoms with Crippen LogP contribution in [0.25, 0.3) is 0 Å². The zero-order valence-corrected chi connectivity index (χ0v) is 13.9. The third-order valence-electron chi connectivity index (χ3n) is 4.75. The van der Waals surface area contributed by atoms with E-state index in [0.717, 1.165) is 32.5 Å². The van der Waals surface area contributed by atoms with Gasteiger partial charge in [0.2, 0.25) is 11.8 Å². The second-order valence-corrected chi connectivity index (χ2v) is 6.23. The van der Waals surface area contributed by atoms with Crippen molar-refractivity contribution in [3.63, 3.8) is 0 Å². The summed E-state index contributed by atoms with van der Waals surface area (Å²) in [5.41, 5.74) is -1.06. The number of urea groups is 1. The van der Waals surface area contributed by atoms with Crippen LogP contribution in [0.1, 0.15) is 51.9 Å². The Morgan fingerprint density at radius 2 is 1.59 bits per heavy atom. The van der Waals surface area contributed by atoms with Gasteiger partial charge in [-0.3, -0.25) is 20.2 Å². The van der Waals surface area contributed by atoms with Crippen molar-refractivity contribution in [3.8, 4) is 0 Å². The third-order valence-corrected chi connectivity index (χ3v) is 4.75. The molecule has 7 heteroatoms. The minimum Gasteiger partial charge on any atom is -1.00 e. The van der Waals surface area contributed by atoms with E-state index in [-0.39, 0.29) is 12.4 Å². The lowest BCUT2D eigenvalue weighted by atomic mass is 9.76. The molecule has 6 nitrogen and oxygen atoms in total. The number of amides is 4. The Hall–Kier alpha value is -1.14. The number of carbonyl (C=O) groups excluding carboxylic acids is 3. The zero-order valence-electron chi connectivity index (χ0n) is 13.2. The van der Waals surface area contributed by atoms with E-state index in [1.54, 1.807) is 0 Å². The van der Waals surface area contributed by atoms with Crippen LogP contribution in [-0.4, -0.2) is 37.5 Å². The van der Waals surface area contributed by atoms with Crippen LogP contribution in [0.2, 0.25) is 0 Å². The summed E-state index contributed by atoms with van der Waals surface area (Å²) < 4.78 is 0. The standard InChI is InChI=1S/C15H25N3O3.ClH/c1-2-3-7-15(8-11-18-9-5-4-6-10-18)12(19)16-14(21)17-13(15)20;/h2-11H2,1H3,(H2,16,17,19,20,21);1H. The molecule has 2 rings (SSSR count). The molecule has 0 atom stereocenters. The van der Waals surface area contributed by atoms with Crippen LogP contribution in [0.5, 0.6) is 0 Å². The van der Waals surface area contributed by atoms with Crippen LogP contribution in [0.4, 0.5) is 4.79 Å². The van der Waals surface area contributed by atoms with Gasteiger partial charge in [-0.1, -0.05) is 19.8 Å². The molecule has 126 valence electrons. The summed E-state index contributed by atoms with van der Waals surface area (Å²) in [6, 6.07) is -0.692. The number of barbiturate groups is 1. The monoisotopic (exact) mass is 331 g/mol. The van der Waals surface area contributed by atoms with E-state index in [2.05, 4.69) is 10.6 Å². The van der Waals surface area contributed by atoms with Crippen LogP contribution < -0.4 is 27.9 Å². The number of carbonyl (C=O) groups is 3. The maximum Gasteiger partial charge on any atom is 0.328 e. The van der Waals surface area contributed by atoms with Crippen molar-refractivity contribution in [2.75, 3.05) is 19.6 Å². The van der Waals surface area contributed by atoms with Gasteiger partial charge in [0.25, 0.3) is 0 Å². The normalized spacial score (nSPS) is 21.8. The molecule has 2 heterocycles. The highest BCUT2D eigenvalue weighted by Gasteiger charge is 2.50. The molecule has 0 aliphatic carbocycles. The Balaban J connectivity index is 0.00000242. The Labute approximate surface area is 137 Å². The quantitative estimate of drug-likeness (QED) is 0.454. The highest BCUT2D eigenvalue weighted by atomic mass is 35.5. The van der Waals surface area contributed by atoms with Crippen molar-refractivity contribution in [3.05, 3.63) is 0 Å². The van der Waals surface area contributed by atoms with Gasteiger partial charge in [-0.2, -0.15) is 0 Å². The van der Waals surface area contributed by atoms with Crippen molar-refractivity contribution in [2.45, 2.75) is 51.9 Å². The summed E-state index contributed by atoms with van der Waals surface area (Å²) in [5, 5.41) is 4.56. The molecule has 2 fully saturated rings. The smallest absolute Gasteiger partial charge is 0.328 e. The molecule has 0 aromatic rings. The third kappa shape index (κ3) is 4.20. The molecule has 0 saturated carbocycles. The van der Waals surface area contributed by atoms with Crippen LogP contribution in [-0.2, 0) is 9.59 Å². The fourth-order valence-electron chi connectivity index (χ4n) is 3.33. The van der Waals surface area contributed by atoms with Gasteiger partial charge in [0.05, 0.1) is 19.6 Å². The Bertz CT molecular complexity index is 402. The highest BCUT2D eigenvalue weighted by Crippen LogP contribution is 2.31. The van der Waals surface area contributed by atoms with Crippen LogP contribution in [0.3, 0.4) is 0 Å². The Morgan fingerprint density at radius 3 is 2.14 bits per heavy atom. The van der Waals surface area contributed by atoms with Crippen molar-refractivity contribution >= 4 is 17.8 Å². The number of hydrogen-bond acceptors (Lipinski definition) is 3. The molecule has 0 unspecified atom stereocenters. The molecule has 0 spiro atoms. The van der Waals surface area contributed by atoms with Crippen LogP contribution in [0.15, 0.2) is 0 Å². The zero-order chi connectivity index (χ0) is 15.3. The minimum absolute atomic E-state index is 0. The molecule has 0 bridgehead atoms. The van der Waals surface area contributed by atoms with Crippen molar-refractivity contribution in [1.29, 1.82) is 0 Å². The molecule has 4 amide bonds. The van der Waals surface area contributed by atoms with E-state index < -0.39 is 23.3 Å². The van der Waals surface area contributed by atoms with Gasteiger partial charge < -0.3 is 17.3 Å². The van der Waals surface area contributed by atoms with Crippen molar-refractivity contribution in [1.82, 2.24) is 10.6 Å². The first-order valence-corrected chi connectivity index (χ1v) is 8.09. The van der Waals surface area contributed by atoms with Gasteiger partial charge in [-0.05, 0) is 25.7 Å². The van der Waals surface area contributed by atoms with Crippen LogP contribution in [0, 0.1) is 5.41 Å². The van der Waals surface area contributed by atoms with Crippen molar-refractivity contribution < 1.29 is 31.7 Å². The van der Waals surface area contributed by atoms with Crippen molar-refractivity contribution in [2.24, 2.45) is 5.41 Å². The first-order chi connectivity index (χ1) is 10.1.